The van der Waals surface area contributed by atoms with Crippen LogP contribution in [0.3, 0.4) is 0 Å². The molecule has 0 bridgehead atoms. The molecule has 0 radical (unpaired) electrons. The number of hydrogen-bond acceptors (Lipinski definition) is 3. The van der Waals surface area contributed by atoms with Crippen LogP contribution in [0.25, 0.3) is 0 Å². The summed E-state index contributed by atoms with van der Waals surface area (Å²) in [5.74, 6) is -0.604. The molecule has 0 aliphatic rings. The number of hydrogen-bond donors (Lipinski definition) is 1. The third-order valence-electron chi connectivity index (χ3n) is 2.93. The third kappa shape index (κ3) is 4.46. The van der Waals surface area contributed by atoms with E-state index in [4.69, 9.17) is 4.74 Å². The molecular weight excluding hydrogens is 293 g/mol. The molecule has 4 nitrogen and oxygen atoms in total. The number of benzene rings is 2. The molecule has 0 aliphatic carbocycles. The van der Waals surface area contributed by atoms with E-state index in [0.717, 1.165) is 11.6 Å². The molecule has 0 fully saturated rings. The Morgan fingerprint density at radius 2 is 1.86 bits per heavy atom. The maximum Gasteiger partial charge on any atom is 0.233 e. The molecule has 2 rings (SSSR count). The molecule has 6 heteroatoms. The second-order valence-corrected chi connectivity index (χ2v) is 6.35. The molecule has 0 amide bonds. The lowest BCUT2D eigenvalue weighted by Gasteiger charge is -2.09. The summed E-state index contributed by atoms with van der Waals surface area (Å²) in [5.41, 5.74) is 1.12. The van der Waals surface area contributed by atoms with Crippen molar-refractivity contribution in [3.63, 3.8) is 0 Å². The van der Waals surface area contributed by atoms with E-state index >= 15 is 0 Å². The summed E-state index contributed by atoms with van der Waals surface area (Å²) in [6, 6.07) is 13.2. The Morgan fingerprint density at radius 3 is 2.48 bits per heavy atom. The molecule has 0 saturated heterocycles. The quantitative estimate of drug-likeness (QED) is 0.892. The standard InChI is InChI=1S/C15H16FNO3S/c1-20-15-8-7-13(11-14(15)16)17-21(18,19)10-9-12-5-3-2-4-6-12/h2-8,11,17H,9-10H2,1H3. The van der Waals surface area contributed by atoms with Gasteiger partial charge in [-0.3, -0.25) is 4.72 Å². The van der Waals surface area contributed by atoms with E-state index in [2.05, 4.69) is 4.72 Å². The molecule has 0 unspecified atom stereocenters. The molecule has 0 aromatic heterocycles. The van der Waals surface area contributed by atoms with E-state index in [1.165, 1.54) is 19.2 Å². The summed E-state index contributed by atoms with van der Waals surface area (Å²) in [6.45, 7) is 0. The topological polar surface area (TPSA) is 55.4 Å². The van der Waals surface area contributed by atoms with Crippen molar-refractivity contribution >= 4 is 15.7 Å². The van der Waals surface area contributed by atoms with E-state index in [1.54, 1.807) is 0 Å². The van der Waals surface area contributed by atoms with Crippen LogP contribution in [0.1, 0.15) is 5.56 Å². The van der Waals surface area contributed by atoms with Gasteiger partial charge in [0, 0.05) is 6.07 Å². The molecule has 112 valence electrons. The predicted octanol–water partition coefficient (Wildman–Crippen LogP) is 2.82. The number of ether oxygens (including phenoxy) is 1. The highest BCUT2D eigenvalue weighted by Gasteiger charge is 2.12. The van der Waals surface area contributed by atoms with Crippen LogP contribution in [-0.4, -0.2) is 21.3 Å². The van der Waals surface area contributed by atoms with Gasteiger partial charge in [0.1, 0.15) is 0 Å². The van der Waals surface area contributed by atoms with Gasteiger partial charge >= 0.3 is 0 Å². The third-order valence-corrected chi connectivity index (χ3v) is 4.22. The Morgan fingerprint density at radius 1 is 1.14 bits per heavy atom. The minimum absolute atomic E-state index is 0.0648. The Labute approximate surface area is 123 Å². The molecule has 0 aliphatic heterocycles. The zero-order chi connectivity index (χ0) is 15.3. The summed E-state index contributed by atoms with van der Waals surface area (Å²) >= 11 is 0. The SMILES string of the molecule is COc1ccc(NS(=O)(=O)CCc2ccccc2)cc1F. The number of rotatable bonds is 6. The Balaban J connectivity index is 2.02. The first-order valence-corrected chi connectivity index (χ1v) is 8.03. The second kappa shape index (κ2) is 6.58. The summed E-state index contributed by atoms with van der Waals surface area (Å²) in [6.07, 6.45) is 0.398. The molecule has 21 heavy (non-hydrogen) atoms. The van der Waals surface area contributed by atoms with Gasteiger partial charge in [-0.15, -0.1) is 0 Å². The fourth-order valence-electron chi connectivity index (χ4n) is 1.86. The zero-order valence-electron chi connectivity index (χ0n) is 11.5. The lowest BCUT2D eigenvalue weighted by Crippen LogP contribution is -2.18. The second-order valence-electron chi connectivity index (χ2n) is 4.51. The van der Waals surface area contributed by atoms with Crippen LogP contribution >= 0.6 is 0 Å². The van der Waals surface area contributed by atoms with Crippen LogP contribution in [0.2, 0.25) is 0 Å². The average molecular weight is 309 g/mol. The summed E-state index contributed by atoms with van der Waals surface area (Å²) in [5, 5.41) is 0. The maximum atomic E-state index is 13.5. The summed E-state index contributed by atoms with van der Waals surface area (Å²) < 4.78 is 44.6. The monoisotopic (exact) mass is 309 g/mol. The highest BCUT2D eigenvalue weighted by Crippen LogP contribution is 2.21. The first-order valence-electron chi connectivity index (χ1n) is 6.38. The van der Waals surface area contributed by atoms with Gasteiger partial charge in [-0.1, -0.05) is 30.3 Å². The van der Waals surface area contributed by atoms with Gasteiger partial charge in [0.15, 0.2) is 11.6 Å². The molecule has 2 aromatic carbocycles. The van der Waals surface area contributed by atoms with E-state index in [9.17, 15) is 12.8 Å². The van der Waals surface area contributed by atoms with E-state index in [1.807, 2.05) is 30.3 Å². The zero-order valence-corrected chi connectivity index (χ0v) is 12.4. The number of anilines is 1. The van der Waals surface area contributed by atoms with Crippen molar-refractivity contribution in [2.75, 3.05) is 17.6 Å². The molecule has 1 N–H and O–H groups in total. The number of nitrogens with one attached hydrogen (secondary N) is 1. The fraction of sp³-hybridized carbons (Fsp3) is 0.200. The van der Waals surface area contributed by atoms with E-state index in [0.29, 0.717) is 6.42 Å². The van der Waals surface area contributed by atoms with Gasteiger partial charge in [0.2, 0.25) is 10.0 Å². The number of aryl methyl sites for hydroxylation is 1. The van der Waals surface area contributed by atoms with Crippen LogP contribution < -0.4 is 9.46 Å². The molecule has 0 heterocycles. The maximum absolute atomic E-state index is 13.5. The molecular formula is C15H16FNO3S. The highest BCUT2D eigenvalue weighted by atomic mass is 32.2. The smallest absolute Gasteiger partial charge is 0.233 e. The van der Waals surface area contributed by atoms with Crippen molar-refractivity contribution in [3.05, 3.63) is 59.9 Å². The van der Waals surface area contributed by atoms with Crippen LogP contribution in [-0.2, 0) is 16.4 Å². The average Bonchev–Trinajstić information content (AvgIpc) is 2.46. The van der Waals surface area contributed by atoms with Crippen molar-refractivity contribution in [1.82, 2.24) is 0 Å². The van der Waals surface area contributed by atoms with Crippen molar-refractivity contribution < 1.29 is 17.5 Å². The van der Waals surface area contributed by atoms with Gasteiger partial charge < -0.3 is 4.74 Å². The van der Waals surface area contributed by atoms with E-state index < -0.39 is 15.8 Å². The highest BCUT2D eigenvalue weighted by molar-refractivity contribution is 7.92. The van der Waals surface area contributed by atoms with Crippen molar-refractivity contribution in [2.24, 2.45) is 0 Å². The Bertz CT molecular complexity index is 702. The largest absolute Gasteiger partial charge is 0.494 e. The van der Waals surface area contributed by atoms with Crippen LogP contribution in [0.5, 0.6) is 5.75 Å². The molecule has 2 aromatic rings. The normalized spacial score (nSPS) is 11.1. The van der Waals surface area contributed by atoms with Gasteiger partial charge in [-0.25, -0.2) is 12.8 Å². The first kappa shape index (κ1) is 15.3. The van der Waals surface area contributed by atoms with Gasteiger partial charge in [0.25, 0.3) is 0 Å². The van der Waals surface area contributed by atoms with Gasteiger partial charge in [-0.05, 0) is 24.1 Å². The lowest BCUT2D eigenvalue weighted by molar-refractivity contribution is 0.386. The molecule has 0 atom stereocenters. The molecule has 0 spiro atoms. The number of methoxy groups -OCH3 is 1. The number of halogens is 1. The van der Waals surface area contributed by atoms with Crippen molar-refractivity contribution in [2.45, 2.75) is 6.42 Å². The summed E-state index contributed by atoms with van der Waals surface area (Å²) in [7, 11) is -2.18. The lowest BCUT2D eigenvalue weighted by atomic mass is 10.2. The fourth-order valence-corrected chi connectivity index (χ4v) is 2.95. The predicted molar refractivity (Wildman–Crippen MR) is 80.5 cm³/mol. The number of sulfonamides is 1. The van der Waals surface area contributed by atoms with Crippen molar-refractivity contribution in [1.29, 1.82) is 0 Å². The Hall–Kier alpha value is -2.08. The van der Waals surface area contributed by atoms with Gasteiger partial charge in [0.05, 0.1) is 18.6 Å². The van der Waals surface area contributed by atoms with Crippen LogP contribution in [0.4, 0.5) is 10.1 Å². The molecule has 0 saturated carbocycles. The van der Waals surface area contributed by atoms with E-state index in [-0.39, 0.29) is 17.2 Å². The van der Waals surface area contributed by atoms with Gasteiger partial charge in [-0.2, -0.15) is 0 Å². The summed E-state index contributed by atoms with van der Waals surface area (Å²) in [4.78, 5) is 0. The van der Waals surface area contributed by atoms with Crippen LogP contribution in [0.15, 0.2) is 48.5 Å². The van der Waals surface area contributed by atoms with Crippen molar-refractivity contribution in [3.8, 4) is 5.75 Å². The minimum atomic E-state index is -3.53. The Kier molecular flexibility index (Phi) is 4.80. The van der Waals surface area contributed by atoms with Crippen LogP contribution in [0, 0.1) is 5.82 Å². The minimum Gasteiger partial charge on any atom is -0.494 e. The first-order chi connectivity index (χ1) is 10.00.